The molecule has 2 aliphatic heterocycles. The molecule has 9 rings (SSSR count). The summed E-state index contributed by atoms with van der Waals surface area (Å²) in [7, 11) is 3.60. The van der Waals surface area contributed by atoms with Gasteiger partial charge in [-0.3, -0.25) is 15.0 Å². The van der Waals surface area contributed by atoms with E-state index in [0.29, 0.717) is 6.04 Å². The third-order valence-corrected chi connectivity index (χ3v) is 12.3. The fraction of sp³-hybridized carbons (Fsp3) is 0.618. The van der Waals surface area contributed by atoms with Gasteiger partial charge in [0.1, 0.15) is 17.7 Å². The second-order valence-electron chi connectivity index (χ2n) is 13.7. The number of ether oxygens (including phenoxy) is 3. The van der Waals surface area contributed by atoms with Crippen LogP contribution >= 0.6 is 0 Å². The summed E-state index contributed by atoms with van der Waals surface area (Å²) >= 11 is 0. The smallest absolute Gasteiger partial charge is 0.320 e. The first kappa shape index (κ1) is 26.1. The Hall–Kier alpha value is -2.61. The highest BCUT2D eigenvalue weighted by atomic mass is 16.6. The maximum absolute atomic E-state index is 12.2. The van der Waals surface area contributed by atoms with Gasteiger partial charge in [0.15, 0.2) is 11.5 Å². The Morgan fingerprint density at radius 3 is 2.66 bits per heavy atom. The number of likely N-dealkylation sites (tertiary alicyclic amines) is 1. The van der Waals surface area contributed by atoms with Gasteiger partial charge in [0.2, 0.25) is 0 Å². The van der Waals surface area contributed by atoms with E-state index in [1.165, 1.54) is 30.5 Å². The zero-order valence-electron chi connectivity index (χ0n) is 24.4. The number of fused-ring (bicyclic) bond motifs is 2. The number of rotatable bonds is 9. The van der Waals surface area contributed by atoms with Crippen LogP contribution in [-0.2, 0) is 21.4 Å². The fourth-order valence-corrected chi connectivity index (χ4v) is 10.4. The number of hydrogen-bond acceptors (Lipinski definition) is 6. The standard InChI is InChI=1S/C34H42N2O5/c1-20(30(37)38)35-28(22-7-5-4-6-8-22)24-18-32-13-14-34(24,40-3)31-33(32)15-16-36(19-21-9-10-21)26(32)17-23-11-12-25(39-2)29(41-31)27(23)33/h4-8,11-12,20-21,24,26,28,31,35H,9-10,13-19H2,1-3H3,(H,37,38)/t20?,24-,26-,28?,31-,32-,33+,34-/m1/s1. The Morgan fingerprint density at radius 1 is 1.15 bits per heavy atom. The minimum absolute atomic E-state index is 0.0293. The van der Waals surface area contributed by atoms with Crippen LogP contribution < -0.4 is 14.8 Å². The second kappa shape index (κ2) is 8.95. The van der Waals surface area contributed by atoms with Gasteiger partial charge in [-0.25, -0.2) is 0 Å². The molecule has 41 heavy (non-hydrogen) atoms. The van der Waals surface area contributed by atoms with Crippen LogP contribution in [0.5, 0.6) is 11.5 Å². The summed E-state index contributed by atoms with van der Waals surface area (Å²) in [6, 6.07) is 14.4. The number of piperidine rings is 1. The Morgan fingerprint density at radius 2 is 1.95 bits per heavy atom. The molecule has 0 radical (unpaired) electrons. The van der Waals surface area contributed by atoms with E-state index < -0.39 is 17.6 Å². The molecule has 5 aliphatic carbocycles. The number of carbonyl (C=O) groups is 1. The van der Waals surface area contributed by atoms with Gasteiger partial charge in [0.05, 0.1) is 7.11 Å². The quantitative estimate of drug-likeness (QED) is 0.461. The van der Waals surface area contributed by atoms with Crippen LogP contribution in [0.15, 0.2) is 42.5 Å². The summed E-state index contributed by atoms with van der Waals surface area (Å²) in [5.74, 6) is 1.80. The van der Waals surface area contributed by atoms with Crippen molar-refractivity contribution in [3.63, 3.8) is 0 Å². The van der Waals surface area contributed by atoms with Gasteiger partial charge in [-0.1, -0.05) is 36.4 Å². The van der Waals surface area contributed by atoms with Crippen molar-refractivity contribution < 1.29 is 24.1 Å². The van der Waals surface area contributed by atoms with E-state index in [-0.39, 0.29) is 28.9 Å². The van der Waals surface area contributed by atoms with Crippen LogP contribution in [-0.4, -0.2) is 67.1 Å². The van der Waals surface area contributed by atoms with E-state index in [2.05, 4.69) is 46.6 Å². The summed E-state index contributed by atoms with van der Waals surface area (Å²) in [5.41, 5.74) is 3.28. The van der Waals surface area contributed by atoms with Gasteiger partial charge in [0, 0.05) is 48.0 Å². The number of hydrogen-bond donors (Lipinski definition) is 2. The third kappa shape index (κ3) is 3.29. The minimum Gasteiger partial charge on any atom is -0.493 e. The monoisotopic (exact) mass is 558 g/mol. The summed E-state index contributed by atoms with van der Waals surface area (Å²) in [6.07, 6.45) is 7.68. The number of methoxy groups -OCH3 is 2. The van der Waals surface area contributed by atoms with Crippen molar-refractivity contribution in [1.29, 1.82) is 0 Å². The molecular weight excluding hydrogens is 516 g/mol. The Kier molecular flexibility index (Phi) is 5.68. The summed E-state index contributed by atoms with van der Waals surface area (Å²) < 4.78 is 19.9. The first-order chi connectivity index (χ1) is 19.9. The van der Waals surface area contributed by atoms with E-state index in [4.69, 9.17) is 14.2 Å². The van der Waals surface area contributed by atoms with Crippen molar-refractivity contribution in [1.82, 2.24) is 10.2 Å². The highest BCUT2D eigenvalue weighted by Crippen LogP contribution is 2.77. The lowest BCUT2D eigenvalue weighted by molar-refractivity contribution is -0.282. The average Bonchev–Trinajstić information content (AvgIpc) is 3.74. The molecular formula is C34H42N2O5. The van der Waals surface area contributed by atoms with Crippen molar-refractivity contribution >= 4 is 5.97 Å². The van der Waals surface area contributed by atoms with Crippen LogP contribution in [0.2, 0.25) is 0 Å². The fourth-order valence-electron chi connectivity index (χ4n) is 10.4. The average molecular weight is 559 g/mol. The number of benzene rings is 2. The number of carboxylic acid groups (broad SMARTS) is 1. The Balaban J connectivity index is 1.33. The molecule has 7 heteroatoms. The van der Waals surface area contributed by atoms with E-state index in [0.717, 1.165) is 61.6 Å². The van der Waals surface area contributed by atoms with E-state index in [1.54, 1.807) is 14.0 Å². The van der Waals surface area contributed by atoms with Crippen molar-refractivity contribution in [3.05, 3.63) is 59.2 Å². The molecule has 7 aliphatic rings. The van der Waals surface area contributed by atoms with Gasteiger partial charge in [-0.15, -0.1) is 0 Å². The van der Waals surface area contributed by atoms with Crippen LogP contribution in [0, 0.1) is 17.3 Å². The van der Waals surface area contributed by atoms with Crippen LogP contribution in [0.4, 0.5) is 0 Å². The molecule has 2 N–H and O–H groups in total. The largest absolute Gasteiger partial charge is 0.493 e. The first-order valence-corrected chi connectivity index (χ1v) is 15.6. The lowest BCUT2D eigenvalue weighted by Gasteiger charge is -2.74. The molecule has 0 aromatic heterocycles. The maximum Gasteiger partial charge on any atom is 0.320 e. The maximum atomic E-state index is 12.2. The molecule has 2 heterocycles. The van der Waals surface area contributed by atoms with Gasteiger partial charge >= 0.3 is 5.97 Å². The second-order valence-corrected chi connectivity index (χ2v) is 13.7. The van der Waals surface area contributed by atoms with E-state index >= 15 is 0 Å². The van der Waals surface area contributed by atoms with E-state index in [1.807, 2.05) is 13.2 Å². The van der Waals surface area contributed by atoms with E-state index in [9.17, 15) is 9.90 Å². The van der Waals surface area contributed by atoms with Crippen molar-refractivity contribution in [2.24, 2.45) is 17.3 Å². The molecule has 2 unspecified atom stereocenters. The number of nitrogens with one attached hydrogen (secondary N) is 1. The number of nitrogens with zero attached hydrogens (tertiary/aromatic N) is 1. The molecule has 2 aromatic rings. The lowest BCUT2D eigenvalue weighted by Crippen LogP contribution is -2.81. The zero-order chi connectivity index (χ0) is 28.1. The van der Waals surface area contributed by atoms with Crippen molar-refractivity contribution in [3.8, 4) is 11.5 Å². The molecule has 2 spiro atoms. The molecule has 2 aromatic carbocycles. The van der Waals surface area contributed by atoms with Gasteiger partial charge in [-0.05, 0) is 81.5 Å². The predicted molar refractivity (Wildman–Crippen MR) is 154 cm³/mol. The Bertz CT molecular complexity index is 1380. The SMILES string of the molecule is COc1ccc2c3c1O[C@H]1[C@@]4(OC)CC[C@@]5(C[C@@H]4C(NC(C)C(=O)O)c4ccccc4)[C@@H](C2)N(CC2CC2)CC[C@]315. The molecule has 218 valence electrons. The Labute approximate surface area is 242 Å². The molecule has 4 saturated carbocycles. The number of carboxylic acids is 1. The van der Waals surface area contributed by atoms with Crippen LogP contribution in [0.25, 0.3) is 0 Å². The zero-order valence-corrected chi connectivity index (χ0v) is 24.4. The van der Waals surface area contributed by atoms with Crippen molar-refractivity contribution in [2.45, 2.75) is 87.1 Å². The first-order valence-electron chi connectivity index (χ1n) is 15.6. The number of aliphatic carboxylic acids is 1. The van der Waals surface area contributed by atoms with Crippen LogP contribution in [0.3, 0.4) is 0 Å². The molecule has 5 fully saturated rings. The molecule has 1 saturated heterocycles. The van der Waals surface area contributed by atoms with Gasteiger partial charge < -0.3 is 19.3 Å². The lowest BCUT2D eigenvalue weighted by atomic mass is 9.34. The highest BCUT2D eigenvalue weighted by Gasteiger charge is 2.81. The summed E-state index contributed by atoms with van der Waals surface area (Å²) in [5, 5.41) is 13.5. The minimum atomic E-state index is -0.836. The highest BCUT2D eigenvalue weighted by molar-refractivity contribution is 5.73. The predicted octanol–water partition coefficient (Wildman–Crippen LogP) is 4.72. The molecule has 4 bridgehead atoms. The molecule has 0 amide bonds. The summed E-state index contributed by atoms with van der Waals surface area (Å²) in [6.45, 7) is 4.05. The topological polar surface area (TPSA) is 80.3 Å². The third-order valence-electron chi connectivity index (χ3n) is 12.3. The molecule has 7 nitrogen and oxygen atoms in total. The van der Waals surface area contributed by atoms with Crippen LogP contribution in [0.1, 0.15) is 68.2 Å². The summed E-state index contributed by atoms with van der Waals surface area (Å²) in [4.78, 5) is 15.0. The normalized spacial score (nSPS) is 37.7. The van der Waals surface area contributed by atoms with Gasteiger partial charge in [-0.2, -0.15) is 0 Å². The molecule has 8 atom stereocenters. The van der Waals surface area contributed by atoms with Crippen molar-refractivity contribution in [2.75, 3.05) is 27.3 Å². The van der Waals surface area contributed by atoms with Gasteiger partial charge in [0.25, 0.3) is 0 Å².